The number of carbonyl (C=O) groups is 1. The lowest BCUT2D eigenvalue weighted by Crippen LogP contribution is -2.12. The standard InChI is InChI=1S/C14H18N4OS/c1-4-7-15-12-6-5-11(8-9(12)2)13(19)17-14-16-10(3)18-20-14/h5-6,8,15H,4,7H2,1-3H3,(H,16,17,18,19). The van der Waals surface area contributed by atoms with Gasteiger partial charge in [0.25, 0.3) is 5.91 Å². The maximum atomic E-state index is 12.1. The molecule has 6 heteroatoms. The molecule has 106 valence electrons. The van der Waals surface area contributed by atoms with Gasteiger partial charge in [-0.05, 0) is 44.0 Å². The summed E-state index contributed by atoms with van der Waals surface area (Å²) < 4.78 is 4.03. The van der Waals surface area contributed by atoms with Crippen LogP contribution in [0.15, 0.2) is 18.2 Å². The third-order valence-corrected chi connectivity index (χ3v) is 3.52. The molecular formula is C14H18N4OS. The summed E-state index contributed by atoms with van der Waals surface area (Å²) in [6.45, 7) is 6.83. The van der Waals surface area contributed by atoms with E-state index < -0.39 is 0 Å². The Labute approximate surface area is 122 Å². The zero-order chi connectivity index (χ0) is 14.5. The fourth-order valence-corrected chi connectivity index (χ4v) is 2.35. The molecule has 0 atom stereocenters. The van der Waals surface area contributed by atoms with E-state index in [0.29, 0.717) is 16.5 Å². The second kappa shape index (κ2) is 6.47. The predicted molar refractivity (Wildman–Crippen MR) is 82.6 cm³/mol. The molecule has 1 amide bonds. The van der Waals surface area contributed by atoms with Crippen molar-refractivity contribution in [2.75, 3.05) is 17.2 Å². The van der Waals surface area contributed by atoms with Crippen LogP contribution in [-0.4, -0.2) is 21.8 Å². The number of nitrogens with one attached hydrogen (secondary N) is 2. The normalized spacial score (nSPS) is 10.3. The van der Waals surface area contributed by atoms with Crippen LogP contribution in [0.1, 0.15) is 35.1 Å². The molecular weight excluding hydrogens is 272 g/mol. The minimum absolute atomic E-state index is 0.161. The van der Waals surface area contributed by atoms with Gasteiger partial charge in [-0.15, -0.1) is 0 Å². The Balaban J connectivity index is 2.08. The summed E-state index contributed by atoms with van der Waals surface area (Å²) in [6, 6.07) is 5.63. The van der Waals surface area contributed by atoms with Gasteiger partial charge in [-0.25, -0.2) is 4.98 Å². The van der Waals surface area contributed by atoms with E-state index in [1.165, 1.54) is 11.5 Å². The van der Waals surface area contributed by atoms with Crippen LogP contribution in [-0.2, 0) is 0 Å². The molecule has 1 heterocycles. The van der Waals surface area contributed by atoms with Gasteiger partial charge in [0.1, 0.15) is 5.82 Å². The second-order valence-electron chi connectivity index (χ2n) is 4.56. The fourth-order valence-electron chi connectivity index (χ4n) is 1.78. The molecule has 0 aliphatic rings. The zero-order valence-corrected chi connectivity index (χ0v) is 12.7. The summed E-state index contributed by atoms with van der Waals surface area (Å²) in [4.78, 5) is 16.2. The van der Waals surface area contributed by atoms with Crippen LogP contribution >= 0.6 is 11.5 Å². The van der Waals surface area contributed by atoms with Gasteiger partial charge < -0.3 is 5.32 Å². The van der Waals surface area contributed by atoms with Gasteiger partial charge in [0, 0.05) is 29.3 Å². The number of carbonyl (C=O) groups excluding carboxylic acids is 1. The molecule has 0 aliphatic carbocycles. The average Bonchev–Trinajstić information content (AvgIpc) is 2.82. The largest absolute Gasteiger partial charge is 0.385 e. The monoisotopic (exact) mass is 290 g/mol. The van der Waals surface area contributed by atoms with Gasteiger partial charge in [0.2, 0.25) is 5.13 Å². The Morgan fingerprint density at radius 1 is 1.35 bits per heavy atom. The zero-order valence-electron chi connectivity index (χ0n) is 11.9. The number of anilines is 2. The molecule has 2 aromatic rings. The summed E-state index contributed by atoms with van der Waals surface area (Å²) in [7, 11) is 0. The van der Waals surface area contributed by atoms with Crippen LogP contribution in [0.25, 0.3) is 0 Å². The van der Waals surface area contributed by atoms with Crippen molar-refractivity contribution in [3.05, 3.63) is 35.2 Å². The first kappa shape index (κ1) is 14.5. The van der Waals surface area contributed by atoms with Crippen molar-refractivity contribution in [3.63, 3.8) is 0 Å². The topological polar surface area (TPSA) is 66.9 Å². The number of hydrogen-bond acceptors (Lipinski definition) is 5. The van der Waals surface area contributed by atoms with Gasteiger partial charge in [0.05, 0.1) is 0 Å². The number of hydrogen-bond donors (Lipinski definition) is 2. The predicted octanol–water partition coefficient (Wildman–Crippen LogP) is 3.23. The number of aromatic nitrogens is 2. The Kier molecular flexibility index (Phi) is 4.68. The van der Waals surface area contributed by atoms with Crippen LogP contribution in [0.2, 0.25) is 0 Å². The lowest BCUT2D eigenvalue weighted by Gasteiger charge is -2.10. The molecule has 1 aromatic carbocycles. The molecule has 0 aliphatic heterocycles. The van der Waals surface area contributed by atoms with Crippen LogP contribution in [0, 0.1) is 13.8 Å². The molecule has 20 heavy (non-hydrogen) atoms. The van der Waals surface area contributed by atoms with Gasteiger partial charge in [-0.2, -0.15) is 4.37 Å². The van der Waals surface area contributed by atoms with E-state index in [2.05, 4.69) is 26.9 Å². The van der Waals surface area contributed by atoms with E-state index in [0.717, 1.165) is 24.2 Å². The Morgan fingerprint density at radius 2 is 2.15 bits per heavy atom. The first-order valence-corrected chi connectivity index (χ1v) is 7.33. The summed E-state index contributed by atoms with van der Waals surface area (Å²) >= 11 is 1.19. The van der Waals surface area contributed by atoms with Crippen molar-refractivity contribution < 1.29 is 4.79 Å². The van der Waals surface area contributed by atoms with Crippen molar-refractivity contribution in [1.29, 1.82) is 0 Å². The number of nitrogens with zero attached hydrogens (tertiary/aromatic N) is 2. The van der Waals surface area contributed by atoms with Gasteiger partial charge in [-0.1, -0.05) is 6.92 Å². The van der Waals surface area contributed by atoms with Gasteiger partial charge in [0.15, 0.2) is 0 Å². The molecule has 0 saturated heterocycles. The van der Waals surface area contributed by atoms with Crippen LogP contribution < -0.4 is 10.6 Å². The molecule has 2 N–H and O–H groups in total. The Bertz CT molecular complexity index is 609. The highest BCUT2D eigenvalue weighted by atomic mass is 32.1. The Morgan fingerprint density at radius 3 is 2.75 bits per heavy atom. The minimum Gasteiger partial charge on any atom is -0.385 e. The van der Waals surface area contributed by atoms with Gasteiger partial charge >= 0.3 is 0 Å². The molecule has 0 saturated carbocycles. The van der Waals surface area contributed by atoms with Crippen LogP contribution in [0.4, 0.5) is 10.8 Å². The minimum atomic E-state index is -0.161. The van der Waals surface area contributed by atoms with Crippen molar-refractivity contribution in [1.82, 2.24) is 9.36 Å². The van der Waals surface area contributed by atoms with Crippen molar-refractivity contribution in [3.8, 4) is 0 Å². The van der Waals surface area contributed by atoms with Crippen molar-refractivity contribution >= 4 is 28.3 Å². The molecule has 0 bridgehead atoms. The highest BCUT2D eigenvalue weighted by Crippen LogP contribution is 2.18. The smallest absolute Gasteiger partial charge is 0.257 e. The molecule has 1 aromatic heterocycles. The molecule has 0 spiro atoms. The average molecular weight is 290 g/mol. The lowest BCUT2D eigenvalue weighted by molar-refractivity contribution is 0.102. The molecule has 0 radical (unpaired) electrons. The van der Waals surface area contributed by atoms with Crippen molar-refractivity contribution in [2.45, 2.75) is 27.2 Å². The third-order valence-electron chi connectivity index (χ3n) is 2.80. The molecule has 5 nitrogen and oxygen atoms in total. The number of aryl methyl sites for hydroxylation is 2. The summed E-state index contributed by atoms with van der Waals surface area (Å²) in [6.07, 6.45) is 1.07. The highest BCUT2D eigenvalue weighted by Gasteiger charge is 2.10. The molecule has 0 unspecified atom stereocenters. The first-order valence-electron chi connectivity index (χ1n) is 6.56. The maximum absolute atomic E-state index is 12.1. The third kappa shape index (κ3) is 3.54. The SMILES string of the molecule is CCCNc1ccc(C(=O)Nc2nc(C)ns2)cc1C. The van der Waals surface area contributed by atoms with E-state index in [1.54, 1.807) is 6.92 Å². The van der Waals surface area contributed by atoms with E-state index in [1.807, 2.05) is 25.1 Å². The van der Waals surface area contributed by atoms with E-state index in [-0.39, 0.29) is 5.91 Å². The molecule has 2 rings (SSSR count). The Hall–Kier alpha value is -1.95. The second-order valence-corrected chi connectivity index (χ2v) is 5.31. The number of amides is 1. The quantitative estimate of drug-likeness (QED) is 0.887. The highest BCUT2D eigenvalue weighted by molar-refractivity contribution is 7.09. The number of benzene rings is 1. The van der Waals surface area contributed by atoms with Crippen LogP contribution in [0.5, 0.6) is 0 Å². The van der Waals surface area contributed by atoms with E-state index in [9.17, 15) is 4.79 Å². The first-order chi connectivity index (χ1) is 9.60. The van der Waals surface area contributed by atoms with Crippen LogP contribution in [0.3, 0.4) is 0 Å². The maximum Gasteiger partial charge on any atom is 0.257 e. The van der Waals surface area contributed by atoms with Crippen molar-refractivity contribution in [2.24, 2.45) is 0 Å². The molecule has 0 fully saturated rings. The summed E-state index contributed by atoms with van der Waals surface area (Å²) in [5.41, 5.74) is 2.74. The summed E-state index contributed by atoms with van der Waals surface area (Å²) in [5.74, 6) is 0.506. The van der Waals surface area contributed by atoms with E-state index >= 15 is 0 Å². The van der Waals surface area contributed by atoms with E-state index in [4.69, 9.17) is 0 Å². The summed E-state index contributed by atoms with van der Waals surface area (Å²) in [5, 5.41) is 6.61. The number of rotatable bonds is 5. The fraction of sp³-hybridized carbons (Fsp3) is 0.357. The lowest BCUT2D eigenvalue weighted by atomic mass is 10.1. The van der Waals surface area contributed by atoms with Gasteiger partial charge in [-0.3, -0.25) is 10.1 Å².